The van der Waals surface area contributed by atoms with Gasteiger partial charge in [-0.15, -0.1) is 0 Å². The van der Waals surface area contributed by atoms with Crippen LogP contribution < -0.4 is 21.7 Å². The van der Waals surface area contributed by atoms with Crippen LogP contribution in [0, 0.1) is 12.3 Å². The minimum atomic E-state index is -5.08. The van der Waals surface area contributed by atoms with Crippen LogP contribution in [0.5, 0.6) is 0 Å². The van der Waals surface area contributed by atoms with Crippen LogP contribution in [0.15, 0.2) is 42.5 Å². The summed E-state index contributed by atoms with van der Waals surface area (Å²) in [5, 5.41) is 32.3. The largest absolute Gasteiger partial charge is 0.490 e. The number of hydrogen-bond donors (Lipinski definition) is 7. The Morgan fingerprint density at radius 2 is 1.45 bits per heavy atom. The fraction of sp³-hybridized carbons (Fsp3) is 0.379. The highest BCUT2D eigenvalue weighted by molar-refractivity contribution is 6.04. The molecule has 0 aliphatic heterocycles. The number of nitrogens with two attached hydrogens (primary N) is 1. The molecule has 0 spiro atoms. The van der Waals surface area contributed by atoms with Gasteiger partial charge in [0.2, 0.25) is 5.82 Å². The van der Waals surface area contributed by atoms with Crippen molar-refractivity contribution in [3.8, 4) is 0 Å². The van der Waals surface area contributed by atoms with Crippen molar-refractivity contribution in [2.75, 3.05) is 10.6 Å². The second-order valence-electron chi connectivity index (χ2n) is 10.2. The molecule has 0 saturated heterocycles. The normalized spacial score (nSPS) is 16.0. The lowest BCUT2D eigenvalue weighted by molar-refractivity contribution is -0.193. The molecule has 1 aromatic heterocycles. The monoisotopic (exact) mass is 673 g/mol. The van der Waals surface area contributed by atoms with Gasteiger partial charge in [0, 0.05) is 23.2 Å². The molecule has 1 heterocycles. The SMILES string of the molecule is CCc1ccc(NC(=O)c2nc(NC3CCCCC3NC(=N)N)c3cc(C)ccc3n2)cc1.O=C(O)C(F)(F)F.O=C(O)C(F)(F)F. The number of carboxylic acid groups (broad SMARTS) is 2. The molecule has 1 aliphatic rings. The number of fused-ring (bicyclic) bond motifs is 1. The fourth-order valence-electron chi connectivity index (χ4n) is 4.32. The van der Waals surface area contributed by atoms with Crippen LogP contribution in [0.25, 0.3) is 10.9 Å². The van der Waals surface area contributed by atoms with Gasteiger partial charge in [-0.05, 0) is 56.0 Å². The molecule has 1 saturated carbocycles. The first-order valence-corrected chi connectivity index (χ1v) is 14.0. The molecule has 18 heteroatoms. The zero-order valence-corrected chi connectivity index (χ0v) is 25.1. The number of rotatable bonds is 6. The maximum Gasteiger partial charge on any atom is 0.490 e. The van der Waals surface area contributed by atoms with Crippen molar-refractivity contribution >= 4 is 46.2 Å². The molecule has 47 heavy (non-hydrogen) atoms. The Bertz CT molecular complexity index is 1540. The molecule has 2 atom stereocenters. The van der Waals surface area contributed by atoms with Gasteiger partial charge in [-0.1, -0.05) is 43.5 Å². The summed E-state index contributed by atoms with van der Waals surface area (Å²) >= 11 is 0. The molecule has 8 N–H and O–H groups in total. The molecule has 0 bridgehead atoms. The van der Waals surface area contributed by atoms with E-state index in [1.165, 1.54) is 5.56 Å². The Morgan fingerprint density at radius 1 is 0.915 bits per heavy atom. The zero-order valence-electron chi connectivity index (χ0n) is 25.1. The van der Waals surface area contributed by atoms with Crippen LogP contribution in [0.2, 0.25) is 0 Å². The van der Waals surface area contributed by atoms with E-state index in [9.17, 15) is 31.1 Å². The summed E-state index contributed by atoms with van der Waals surface area (Å²) in [6.07, 6.45) is -5.22. The van der Waals surface area contributed by atoms with Crippen molar-refractivity contribution in [3.63, 3.8) is 0 Å². The van der Waals surface area contributed by atoms with Crippen molar-refractivity contribution in [3.05, 3.63) is 59.4 Å². The van der Waals surface area contributed by atoms with Crippen molar-refractivity contribution in [2.24, 2.45) is 5.73 Å². The first-order chi connectivity index (χ1) is 21.8. The number of halogens is 6. The Labute approximate surface area is 264 Å². The summed E-state index contributed by atoms with van der Waals surface area (Å²) in [5.74, 6) is -5.17. The van der Waals surface area contributed by atoms with Crippen LogP contribution in [-0.2, 0) is 16.0 Å². The highest BCUT2D eigenvalue weighted by Gasteiger charge is 2.39. The molecule has 1 fully saturated rings. The number of aryl methyl sites for hydroxylation is 2. The molecule has 1 aliphatic carbocycles. The molecule has 0 radical (unpaired) electrons. The summed E-state index contributed by atoms with van der Waals surface area (Å²) in [7, 11) is 0. The number of carbonyl (C=O) groups excluding carboxylic acids is 1. The molecule has 12 nitrogen and oxygen atoms in total. The standard InChI is InChI=1S/C25H31N7O.2C2HF3O2/c1-3-16-9-11-17(12-10-16)28-24(33)23-29-19-13-8-15(2)14-18(19)22(32-23)30-20-6-4-5-7-21(20)31-25(26)27;2*3-2(4,5)1(6)7/h8-14,20-21H,3-7H2,1-2H3,(H,28,33)(H4,26,27,31)(H,29,30,32);2*(H,6,7). The lowest BCUT2D eigenvalue weighted by atomic mass is 9.90. The topological polar surface area (TPSA) is 203 Å². The number of amides is 1. The second kappa shape index (κ2) is 16.4. The number of alkyl halides is 6. The van der Waals surface area contributed by atoms with Crippen LogP contribution in [-0.4, -0.2) is 68.4 Å². The molecule has 2 aromatic carbocycles. The van der Waals surface area contributed by atoms with Gasteiger partial charge in [0.15, 0.2) is 5.96 Å². The summed E-state index contributed by atoms with van der Waals surface area (Å²) < 4.78 is 63.5. The third-order valence-corrected chi connectivity index (χ3v) is 6.59. The molecule has 4 rings (SSSR count). The van der Waals surface area contributed by atoms with Gasteiger partial charge in [-0.3, -0.25) is 10.2 Å². The number of carboxylic acids is 2. The quantitative estimate of drug-likeness (QED) is 0.103. The molecular weight excluding hydrogens is 640 g/mol. The summed E-state index contributed by atoms with van der Waals surface area (Å²) in [6, 6.07) is 13.8. The third-order valence-electron chi connectivity index (χ3n) is 6.59. The summed E-state index contributed by atoms with van der Waals surface area (Å²) in [6.45, 7) is 4.11. The first-order valence-electron chi connectivity index (χ1n) is 14.0. The number of carbonyl (C=O) groups is 3. The number of aliphatic carboxylic acids is 2. The van der Waals surface area contributed by atoms with E-state index < -0.39 is 24.3 Å². The average molecular weight is 674 g/mol. The van der Waals surface area contributed by atoms with E-state index in [4.69, 9.17) is 30.9 Å². The van der Waals surface area contributed by atoms with Crippen LogP contribution in [0.3, 0.4) is 0 Å². The minimum Gasteiger partial charge on any atom is -0.475 e. The van der Waals surface area contributed by atoms with Gasteiger partial charge in [0.1, 0.15) is 5.82 Å². The smallest absolute Gasteiger partial charge is 0.475 e. The van der Waals surface area contributed by atoms with Crippen molar-refractivity contribution in [2.45, 2.75) is 70.4 Å². The van der Waals surface area contributed by atoms with Gasteiger partial charge in [0.25, 0.3) is 5.91 Å². The van der Waals surface area contributed by atoms with Crippen molar-refractivity contribution < 1.29 is 50.9 Å². The molecular formula is C29H33F6N7O5. The van der Waals surface area contributed by atoms with Crippen LogP contribution in [0.1, 0.15) is 54.4 Å². The zero-order chi connectivity index (χ0) is 35.5. The number of benzene rings is 2. The Balaban J connectivity index is 0.000000459. The Kier molecular flexibility index (Phi) is 13.3. The summed E-state index contributed by atoms with van der Waals surface area (Å²) in [4.78, 5) is 40.0. The molecule has 256 valence electrons. The first kappa shape index (κ1) is 38.0. The minimum absolute atomic E-state index is 0.0282. The average Bonchev–Trinajstić information content (AvgIpc) is 2.98. The Morgan fingerprint density at radius 3 is 1.94 bits per heavy atom. The lowest BCUT2D eigenvalue weighted by Crippen LogP contribution is -2.50. The fourth-order valence-corrected chi connectivity index (χ4v) is 4.32. The van der Waals surface area contributed by atoms with Crippen LogP contribution in [0.4, 0.5) is 37.8 Å². The van der Waals surface area contributed by atoms with E-state index in [2.05, 4.69) is 32.8 Å². The van der Waals surface area contributed by atoms with Gasteiger partial charge >= 0.3 is 24.3 Å². The van der Waals surface area contributed by atoms with E-state index in [0.717, 1.165) is 43.1 Å². The third kappa shape index (κ3) is 12.3. The van der Waals surface area contributed by atoms with Gasteiger partial charge < -0.3 is 31.9 Å². The number of nitrogens with zero attached hydrogens (tertiary/aromatic N) is 2. The van der Waals surface area contributed by atoms with E-state index in [1.807, 2.05) is 49.4 Å². The van der Waals surface area contributed by atoms with Crippen molar-refractivity contribution in [1.29, 1.82) is 5.41 Å². The maximum atomic E-state index is 13.0. The van der Waals surface area contributed by atoms with Crippen LogP contribution >= 0.6 is 0 Å². The molecule has 3 aromatic rings. The molecule has 1 amide bonds. The van der Waals surface area contributed by atoms with E-state index in [1.54, 1.807) is 0 Å². The number of nitrogens with one attached hydrogen (secondary N) is 4. The van der Waals surface area contributed by atoms with Crippen molar-refractivity contribution in [1.82, 2.24) is 15.3 Å². The number of aromatic nitrogens is 2. The van der Waals surface area contributed by atoms with Gasteiger partial charge in [0.05, 0.1) is 5.52 Å². The summed E-state index contributed by atoms with van der Waals surface area (Å²) in [5.41, 5.74) is 9.32. The number of anilines is 2. The second-order valence-corrected chi connectivity index (χ2v) is 10.2. The maximum absolute atomic E-state index is 13.0. The highest BCUT2D eigenvalue weighted by atomic mass is 19.4. The van der Waals surface area contributed by atoms with Gasteiger partial charge in [-0.25, -0.2) is 19.6 Å². The number of hydrogen-bond acceptors (Lipinski definition) is 7. The lowest BCUT2D eigenvalue weighted by Gasteiger charge is -2.33. The highest BCUT2D eigenvalue weighted by Crippen LogP contribution is 2.27. The molecule has 2 unspecified atom stereocenters. The van der Waals surface area contributed by atoms with E-state index in [-0.39, 0.29) is 29.8 Å². The van der Waals surface area contributed by atoms with Gasteiger partial charge in [-0.2, -0.15) is 26.3 Å². The predicted molar refractivity (Wildman–Crippen MR) is 160 cm³/mol. The Hall–Kier alpha value is -5.16. The van der Waals surface area contributed by atoms with E-state index >= 15 is 0 Å². The number of guanidine groups is 1. The van der Waals surface area contributed by atoms with E-state index in [0.29, 0.717) is 17.0 Å². The predicted octanol–water partition coefficient (Wildman–Crippen LogP) is 5.23.